The van der Waals surface area contributed by atoms with Gasteiger partial charge < -0.3 is 4.90 Å². The summed E-state index contributed by atoms with van der Waals surface area (Å²) < 4.78 is 0.790. The molecular formula is C12H14BrNOS. The number of carbonyl (C=O) groups excluding carboxylic acids is 1. The van der Waals surface area contributed by atoms with Crippen molar-refractivity contribution in [1.82, 2.24) is 4.90 Å². The Labute approximate surface area is 110 Å². The SMILES string of the molecule is C=CCN(CC)C(=O)c1cc(S)ccc1Br. The predicted molar refractivity (Wildman–Crippen MR) is 73.2 cm³/mol. The summed E-state index contributed by atoms with van der Waals surface area (Å²) in [5.41, 5.74) is 0.635. The molecule has 1 aromatic rings. The molecule has 4 heteroatoms. The first-order valence-electron chi connectivity index (χ1n) is 4.98. The summed E-state index contributed by atoms with van der Waals surface area (Å²) in [6.07, 6.45) is 1.72. The number of benzene rings is 1. The lowest BCUT2D eigenvalue weighted by atomic mass is 10.2. The van der Waals surface area contributed by atoms with Gasteiger partial charge in [-0.1, -0.05) is 6.08 Å². The molecule has 0 unspecified atom stereocenters. The van der Waals surface area contributed by atoms with Crippen molar-refractivity contribution in [3.8, 4) is 0 Å². The first kappa shape index (κ1) is 13.3. The summed E-state index contributed by atoms with van der Waals surface area (Å²) in [5.74, 6) is -0.00910. The maximum absolute atomic E-state index is 12.2. The number of rotatable bonds is 4. The third kappa shape index (κ3) is 3.12. The highest BCUT2D eigenvalue weighted by Crippen LogP contribution is 2.21. The molecule has 0 fully saturated rings. The predicted octanol–water partition coefficient (Wildman–Crippen LogP) is 3.39. The third-order valence-electron chi connectivity index (χ3n) is 2.20. The van der Waals surface area contributed by atoms with Crippen LogP contribution >= 0.6 is 28.6 Å². The lowest BCUT2D eigenvalue weighted by Gasteiger charge is -2.19. The molecule has 0 heterocycles. The molecule has 0 atom stereocenters. The van der Waals surface area contributed by atoms with Gasteiger partial charge in [0.1, 0.15) is 0 Å². The van der Waals surface area contributed by atoms with Crippen molar-refractivity contribution in [1.29, 1.82) is 0 Å². The molecule has 0 radical (unpaired) electrons. The van der Waals surface area contributed by atoms with Crippen LogP contribution in [0.25, 0.3) is 0 Å². The van der Waals surface area contributed by atoms with E-state index in [1.807, 2.05) is 19.1 Å². The molecule has 0 aliphatic heterocycles. The van der Waals surface area contributed by atoms with Crippen molar-refractivity contribution >= 4 is 34.5 Å². The largest absolute Gasteiger partial charge is 0.335 e. The Balaban J connectivity index is 3.02. The van der Waals surface area contributed by atoms with Gasteiger partial charge in [-0.25, -0.2) is 0 Å². The summed E-state index contributed by atoms with van der Waals surface area (Å²) in [6.45, 7) is 6.80. The summed E-state index contributed by atoms with van der Waals surface area (Å²) in [4.78, 5) is 14.7. The van der Waals surface area contributed by atoms with Gasteiger partial charge in [0.05, 0.1) is 5.56 Å². The van der Waals surface area contributed by atoms with Gasteiger partial charge in [0, 0.05) is 22.5 Å². The Morgan fingerprint density at radius 1 is 1.62 bits per heavy atom. The van der Waals surface area contributed by atoms with Crippen LogP contribution < -0.4 is 0 Å². The number of nitrogens with zero attached hydrogens (tertiary/aromatic N) is 1. The Bertz CT molecular complexity index is 406. The molecule has 2 nitrogen and oxygen atoms in total. The zero-order chi connectivity index (χ0) is 12.1. The van der Waals surface area contributed by atoms with Crippen molar-refractivity contribution in [3.05, 3.63) is 40.9 Å². The van der Waals surface area contributed by atoms with E-state index in [0.717, 1.165) is 9.37 Å². The maximum atomic E-state index is 12.2. The topological polar surface area (TPSA) is 20.3 Å². The smallest absolute Gasteiger partial charge is 0.255 e. The summed E-state index contributed by atoms with van der Waals surface area (Å²) in [6, 6.07) is 5.44. The first-order chi connectivity index (χ1) is 7.60. The summed E-state index contributed by atoms with van der Waals surface area (Å²) >= 11 is 7.61. The Kier molecular flexibility index (Phi) is 5.09. The van der Waals surface area contributed by atoms with Gasteiger partial charge in [-0.2, -0.15) is 0 Å². The van der Waals surface area contributed by atoms with E-state index in [1.165, 1.54) is 0 Å². The van der Waals surface area contributed by atoms with E-state index in [1.54, 1.807) is 17.0 Å². The van der Waals surface area contributed by atoms with Crippen LogP contribution in [0.5, 0.6) is 0 Å². The molecular weight excluding hydrogens is 286 g/mol. The molecule has 0 aliphatic carbocycles. The van der Waals surface area contributed by atoms with Crippen LogP contribution in [0, 0.1) is 0 Å². The molecule has 16 heavy (non-hydrogen) atoms. The molecule has 0 saturated carbocycles. The average molecular weight is 300 g/mol. The van der Waals surface area contributed by atoms with Gasteiger partial charge >= 0.3 is 0 Å². The second kappa shape index (κ2) is 6.11. The zero-order valence-corrected chi connectivity index (χ0v) is 11.6. The Morgan fingerprint density at radius 2 is 2.31 bits per heavy atom. The number of carbonyl (C=O) groups is 1. The van der Waals surface area contributed by atoms with E-state index in [-0.39, 0.29) is 5.91 Å². The van der Waals surface area contributed by atoms with Gasteiger partial charge in [-0.15, -0.1) is 19.2 Å². The maximum Gasteiger partial charge on any atom is 0.255 e. The van der Waals surface area contributed by atoms with E-state index in [2.05, 4.69) is 35.1 Å². The van der Waals surface area contributed by atoms with E-state index in [0.29, 0.717) is 18.7 Å². The fourth-order valence-corrected chi connectivity index (χ4v) is 1.98. The minimum atomic E-state index is -0.00910. The highest BCUT2D eigenvalue weighted by molar-refractivity contribution is 9.10. The number of hydrogen-bond donors (Lipinski definition) is 1. The second-order valence-corrected chi connectivity index (χ2v) is 4.67. The van der Waals surface area contributed by atoms with Crippen LogP contribution in [0.2, 0.25) is 0 Å². The van der Waals surface area contributed by atoms with Gasteiger partial charge in [0.25, 0.3) is 5.91 Å². The number of likely N-dealkylation sites (N-methyl/N-ethyl adjacent to an activating group) is 1. The van der Waals surface area contributed by atoms with Crippen molar-refractivity contribution < 1.29 is 4.79 Å². The van der Waals surface area contributed by atoms with Crippen molar-refractivity contribution in [2.45, 2.75) is 11.8 Å². The molecule has 0 spiro atoms. The van der Waals surface area contributed by atoms with Crippen LogP contribution in [0.1, 0.15) is 17.3 Å². The van der Waals surface area contributed by atoms with Gasteiger partial charge in [-0.3, -0.25) is 4.79 Å². The number of amides is 1. The highest BCUT2D eigenvalue weighted by Gasteiger charge is 2.15. The van der Waals surface area contributed by atoms with Gasteiger partial charge in [-0.05, 0) is 41.1 Å². The number of thiol groups is 1. The first-order valence-corrected chi connectivity index (χ1v) is 6.22. The van der Waals surface area contributed by atoms with Crippen molar-refractivity contribution in [2.24, 2.45) is 0 Å². The van der Waals surface area contributed by atoms with Crippen LogP contribution in [0.3, 0.4) is 0 Å². The lowest BCUT2D eigenvalue weighted by Crippen LogP contribution is -2.31. The molecule has 1 amide bonds. The zero-order valence-electron chi connectivity index (χ0n) is 9.11. The number of halogens is 1. The van der Waals surface area contributed by atoms with Crippen LogP contribution in [-0.2, 0) is 0 Å². The Hall–Kier alpha value is -0.740. The molecule has 0 aromatic heterocycles. The van der Waals surface area contributed by atoms with E-state index in [9.17, 15) is 4.79 Å². The van der Waals surface area contributed by atoms with Crippen molar-refractivity contribution in [2.75, 3.05) is 13.1 Å². The van der Waals surface area contributed by atoms with Crippen LogP contribution in [-0.4, -0.2) is 23.9 Å². The minimum Gasteiger partial charge on any atom is -0.335 e. The quantitative estimate of drug-likeness (QED) is 0.667. The molecule has 0 bridgehead atoms. The lowest BCUT2D eigenvalue weighted by molar-refractivity contribution is 0.0781. The van der Waals surface area contributed by atoms with Crippen molar-refractivity contribution in [3.63, 3.8) is 0 Å². The minimum absolute atomic E-state index is 0.00910. The number of hydrogen-bond acceptors (Lipinski definition) is 2. The standard InChI is InChI=1S/C12H14BrNOS/c1-3-7-14(4-2)12(15)10-8-9(16)5-6-11(10)13/h3,5-6,8,16H,1,4,7H2,2H3. The average Bonchev–Trinajstić information content (AvgIpc) is 2.28. The molecule has 0 saturated heterocycles. The molecule has 1 aromatic carbocycles. The molecule has 0 N–H and O–H groups in total. The second-order valence-electron chi connectivity index (χ2n) is 3.30. The Morgan fingerprint density at radius 3 is 2.88 bits per heavy atom. The van der Waals surface area contributed by atoms with Gasteiger partial charge in [0.2, 0.25) is 0 Å². The van der Waals surface area contributed by atoms with Crippen LogP contribution in [0.4, 0.5) is 0 Å². The summed E-state index contributed by atoms with van der Waals surface area (Å²) in [5, 5.41) is 0. The van der Waals surface area contributed by atoms with E-state index in [4.69, 9.17) is 0 Å². The van der Waals surface area contributed by atoms with E-state index >= 15 is 0 Å². The summed E-state index contributed by atoms with van der Waals surface area (Å²) in [7, 11) is 0. The van der Waals surface area contributed by atoms with Crippen LogP contribution in [0.15, 0.2) is 40.2 Å². The van der Waals surface area contributed by atoms with Gasteiger partial charge in [0.15, 0.2) is 0 Å². The molecule has 1 rings (SSSR count). The third-order valence-corrected chi connectivity index (χ3v) is 3.17. The fourth-order valence-electron chi connectivity index (χ4n) is 1.36. The normalized spacial score (nSPS) is 9.94. The molecule has 86 valence electrons. The van der Waals surface area contributed by atoms with E-state index < -0.39 is 0 Å². The monoisotopic (exact) mass is 299 g/mol. The molecule has 0 aliphatic rings. The fraction of sp³-hybridized carbons (Fsp3) is 0.250. The highest BCUT2D eigenvalue weighted by atomic mass is 79.9.